The highest BCUT2D eigenvalue weighted by Gasteiger charge is 2.29. The molecule has 1 aliphatic heterocycles. The maximum Gasteiger partial charge on any atom is 0.241 e. The molecule has 1 saturated heterocycles. The lowest BCUT2D eigenvalue weighted by molar-refractivity contribution is -0.120. The van der Waals surface area contributed by atoms with Crippen LogP contribution in [0.5, 0.6) is 5.75 Å². The molecule has 0 bridgehead atoms. The summed E-state index contributed by atoms with van der Waals surface area (Å²) in [5, 5.41) is 2.53. The summed E-state index contributed by atoms with van der Waals surface area (Å²) >= 11 is 0. The van der Waals surface area contributed by atoms with Gasteiger partial charge in [0.05, 0.1) is 30.1 Å². The van der Waals surface area contributed by atoms with Crippen molar-refractivity contribution in [2.24, 2.45) is 0 Å². The van der Waals surface area contributed by atoms with Gasteiger partial charge in [0.1, 0.15) is 5.75 Å². The Hall–Kier alpha value is -1.65. The first-order valence-electron chi connectivity index (χ1n) is 7.27. The zero-order chi connectivity index (χ0) is 18.0. The fraction of sp³-hybridized carbons (Fsp3) is 0.500. The molecule has 0 radical (unpaired) electrons. The Labute approximate surface area is 141 Å². The van der Waals surface area contributed by atoms with Gasteiger partial charge in [-0.25, -0.2) is 21.6 Å². The lowest BCUT2D eigenvalue weighted by Crippen LogP contribution is -2.42. The monoisotopic (exact) mass is 376 g/mol. The zero-order valence-electron chi connectivity index (χ0n) is 13.4. The van der Waals surface area contributed by atoms with Gasteiger partial charge in [-0.05, 0) is 37.1 Å². The van der Waals surface area contributed by atoms with Crippen LogP contribution in [0.3, 0.4) is 0 Å². The van der Waals surface area contributed by atoms with Crippen molar-refractivity contribution in [3.63, 3.8) is 0 Å². The quantitative estimate of drug-likeness (QED) is 0.696. The van der Waals surface area contributed by atoms with E-state index in [4.69, 9.17) is 4.74 Å². The average Bonchev–Trinajstić information content (AvgIpc) is 2.83. The molecule has 1 heterocycles. The van der Waals surface area contributed by atoms with Crippen LogP contribution in [-0.2, 0) is 24.7 Å². The number of aryl methyl sites for hydroxylation is 1. The molecule has 10 heteroatoms. The van der Waals surface area contributed by atoms with Crippen molar-refractivity contribution in [2.75, 3.05) is 25.2 Å². The maximum atomic E-state index is 12.3. The largest absolute Gasteiger partial charge is 0.497 e. The number of rotatable bonds is 6. The first-order valence-corrected chi connectivity index (χ1v) is 10.6. The minimum absolute atomic E-state index is 0.0364. The molecule has 1 fully saturated rings. The van der Waals surface area contributed by atoms with Crippen LogP contribution in [0.1, 0.15) is 12.0 Å². The minimum Gasteiger partial charge on any atom is -0.497 e. The van der Waals surface area contributed by atoms with Crippen LogP contribution in [0.2, 0.25) is 0 Å². The highest BCUT2D eigenvalue weighted by Crippen LogP contribution is 2.20. The first kappa shape index (κ1) is 18.7. The first-order chi connectivity index (χ1) is 11.1. The van der Waals surface area contributed by atoms with Gasteiger partial charge in [-0.1, -0.05) is 0 Å². The third-order valence-corrected chi connectivity index (χ3v) is 7.02. The van der Waals surface area contributed by atoms with E-state index in [0.717, 1.165) is 0 Å². The Morgan fingerprint density at radius 3 is 2.62 bits per heavy atom. The summed E-state index contributed by atoms with van der Waals surface area (Å²) in [7, 11) is -5.48. The van der Waals surface area contributed by atoms with E-state index in [9.17, 15) is 21.6 Å². The molecule has 1 atom stereocenters. The number of carbonyl (C=O) groups is 1. The molecule has 0 aromatic heterocycles. The predicted octanol–water partition coefficient (Wildman–Crippen LogP) is -0.415. The third-order valence-electron chi connectivity index (χ3n) is 3.69. The van der Waals surface area contributed by atoms with Gasteiger partial charge in [0.2, 0.25) is 15.9 Å². The smallest absolute Gasteiger partial charge is 0.241 e. The number of amides is 1. The summed E-state index contributed by atoms with van der Waals surface area (Å²) in [5.74, 6) is -0.101. The van der Waals surface area contributed by atoms with Crippen molar-refractivity contribution >= 4 is 25.8 Å². The molecule has 0 saturated carbocycles. The molecule has 1 unspecified atom stereocenters. The van der Waals surface area contributed by atoms with E-state index < -0.39 is 38.4 Å². The SMILES string of the molecule is COc1ccc(S(=O)(=O)NCC(=O)NC2CCS(=O)(=O)C2)c(C)c1. The molecule has 2 rings (SSSR count). The number of hydrogen-bond donors (Lipinski definition) is 2. The second kappa shape index (κ2) is 7.08. The molecule has 1 aromatic rings. The summed E-state index contributed by atoms with van der Waals surface area (Å²) in [6.45, 7) is 1.17. The van der Waals surface area contributed by atoms with Crippen molar-refractivity contribution in [1.29, 1.82) is 0 Å². The summed E-state index contributed by atoms with van der Waals surface area (Å²) in [6.07, 6.45) is 0.346. The van der Waals surface area contributed by atoms with Gasteiger partial charge >= 0.3 is 0 Å². The molecule has 1 amide bonds. The fourth-order valence-corrected chi connectivity index (χ4v) is 5.36. The van der Waals surface area contributed by atoms with Gasteiger partial charge in [-0.3, -0.25) is 4.79 Å². The molecule has 1 aliphatic rings. The van der Waals surface area contributed by atoms with Gasteiger partial charge in [0, 0.05) is 6.04 Å². The number of ether oxygens (including phenoxy) is 1. The van der Waals surface area contributed by atoms with E-state index >= 15 is 0 Å². The van der Waals surface area contributed by atoms with Crippen molar-refractivity contribution in [3.05, 3.63) is 23.8 Å². The van der Waals surface area contributed by atoms with Crippen molar-refractivity contribution in [1.82, 2.24) is 10.0 Å². The Balaban J connectivity index is 1.96. The summed E-state index contributed by atoms with van der Waals surface area (Å²) in [5.41, 5.74) is 0.490. The Kier molecular flexibility index (Phi) is 5.51. The highest BCUT2D eigenvalue weighted by atomic mass is 32.2. The molecule has 2 N–H and O–H groups in total. The van der Waals surface area contributed by atoms with E-state index in [1.807, 2.05) is 0 Å². The number of sulfone groups is 1. The van der Waals surface area contributed by atoms with Crippen LogP contribution in [-0.4, -0.2) is 53.9 Å². The zero-order valence-corrected chi connectivity index (χ0v) is 15.0. The fourth-order valence-electron chi connectivity index (χ4n) is 2.48. The van der Waals surface area contributed by atoms with E-state index in [0.29, 0.717) is 17.7 Å². The number of methoxy groups -OCH3 is 1. The van der Waals surface area contributed by atoms with Gasteiger partial charge in [0.15, 0.2) is 9.84 Å². The summed E-state index contributed by atoms with van der Waals surface area (Å²) in [6, 6.07) is 4.04. The molecular weight excluding hydrogens is 356 g/mol. The van der Waals surface area contributed by atoms with Gasteiger partial charge in [0.25, 0.3) is 0 Å². The van der Waals surface area contributed by atoms with E-state index in [1.54, 1.807) is 13.0 Å². The van der Waals surface area contributed by atoms with Crippen LogP contribution in [0.15, 0.2) is 23.1 Å². The van der Waals surface area contributed by atoms with Crippen LogP contribution >= 0.6 is 0 Å². The van der Waals surface area contributed by atoms with Gasteiger partial charge in [-0.2, -0.15) is 0 Å². The van der Waals surface area contributed by atoms with Crippen molar-refractivity contribution < 1.29 is 26.4 Å². The van der Waals surface area contributed by atoms with Gasteiger partial charge in [-0.15, -0.1) is 0 Å². The normalized spacial score (nSPS) is 19.8. The Bertz CT molecular complexity index is 833. The topological polar surface area (TPSA) is 119 Å². The highest BCUT2D eigenvalue weighted by molar-refractivity contribution is 7.91. The number of sulfonamides is 1. The van der Waals surface area contributed by atoms with Crippen molar-refractivity contribution in [3.8, 4) is 5.75 Å². The van der Waals surface area contributed by atoms with Crippen LogP contribution < -0.4 is 14.8 Å². The summed E-state index contributed by atoms with van der Waals surface area (Å²) in [4.78, 5) is 11.9. The predicted molar refractivity (Wildman–Crippen MR) is 88.1 cm³/mol. The molecule has 8 nitrogen and oxygen atoms in total. The third kappa shape index (κ3) is 4.68. The standard InChI is InChI=1S/C14H20N2O6S2/c1-10-7-12(22-2)3-4-13(10)24(20,21)15-8-14(17)16-11-5-6-23(18,19)9-11/h3-4,7,11,15H,5-6,8-9H2,1-2H3,(H,16,17). The minimum atomic E-state index is -3.85. The van der Waals surface area contributed by atoms with Gasteiger partial charge < -0.3 is 10.1 Å². The van der Waals surface area contributed by atoms with E-state index in [1.165, 1.54) is 19.2 Å². The molecule has 24 heavy (non-hydrogen) atoms. The summed E-state index contributed by atoms with van der Waals surface area (Å²) < 4.78 is 54.5. The Morgan fingerprint density at radius 1 is 1.38 bits per heavy atom. The molecule has 0 aliphatic carbocycles. The van der Waals surface area contributed by atoms with Crippen LogP contribution in [0.4, 0.5) is 0 Å². The maximum absolute atomic E-state index is 12.3. The second-order valence-electron chi connectivity index (χ2n) is 5.62. The lowest BCUT2D eigenvalue weighted by Gasteiger charge is -2.13. The number of benzene rings is 1. The average molecular weight is 376 g/mol. The Morgan fingerprint density at radius 2 is 2.08 bits per heavy atom. The number of hydrogen-bond acceptors (Lipinski definition) is 6. The van der Waals surface area contributed by atoms with E-state index in [2.05, 4.69) is 10.0 Å². The molecule has 1 aromatic carbocycles. The number of nitrogens with one attached hydrogen (secondary N) is 2. The molecule has 0 spiro atoms. The van der Waals surface area contributed by atoms with Crippen molar-refractivity contribution in [2.45, 2.75) is 24.3 Å². The van der Waals surface area contributed by atoms with Crippen LogP contribution in [0.25, 0.3) is 0 Å². The molecule has 134 valence electrons. The second-order valence-corrected chi connectivity index (χ2v) is 9.59. The number of carbonyl (C=O) groups excluding carboxylic acids is 1. The lowest BCUT2D eigenvalue weighted by atomic mass is 10.2. The molecular formula is C14H20N2O6S2. The van der Waals surface area contributed by atoms with E-state index in [-0.39, 0.29) is 16.4 Å². The van der Waals surface area contributed by atoms with Crippen LogP contribution in [0, 0.1) is 6.92 Å².